The van der Waals surface area contributed by atoms with Crippen molar-refractivity contribution < 1.29 is 28.6 Å². The molecule has 24 heavy (non-hydrogen) atoms. The molecule has 0 bridgehead atoms. The average Bonchev–Trinajstić information content (AvgIpc) is 2.57. The number of aromatic carboxylic acids is 1. The highest BCUT2D eigenvalue weighted by atomic mass is 19.1. The van der Waals surface area contributed by atoms with E-state index in [0.717, 1.165) is 5.56 Å². The Hall–Kier alpha value is -3.35. The van der Waals surface area contributed by atoms with Crippen LogP contribution in [0.1, 0.15) is 16.1 Å². The van der Waals surface area contributed by atoms with Crippen molar-refractivity contribution in [1.82, 2.24) is 0 Å². The van der Waals surface area contributed by atoms with Gasteiger partial charge in [-0.2, -0.15) is 0 Å². The number of benzene rings is 2. The van der Waals surface area contributed by atoms with Crippen LogP contribution in [0, 0.1) is 5.82 Å². The largest absolute Gasteiger partial charge is 0.501 e. The first-order valence-electron chi connectivity index (χ1n) is 6.86. The van der Waals surface area contributed by atoms with Crippen LogP contribution in [0.25, 0.3) is 11.0 Å². The molecule has 0 fully saturated rings. The summed E-state index contributed by atoms with van der Waals surface area (Å²) >= 11 is 0. The summed E-state index contributed by atoms with van der Waals surface area (Å²) in [7, 11) is 0. The minimum Gasteiger partial charge on any atom is -0.501 e. The van der Waals surface area contributed by atoms with Gasteiger partial charge in [0.2, 0.25) is 11.2 Å². The fourth-order valence-corrected chi connectivity index (χ4v) is 2.15. The standard InChI is InChI=1S/C17H11FO6/c18-10-3-1-9(2-4-10)8-23-11-5-6-13-12(7-11)14(19)15(20)16(24-13)17(21)22/h1-7,20H,8H2,(H,21,22). The Balaban J connectivity index is 1.92. The number of carboxylic acids is 1. The van der Waals surface area contributed by atoms with Crippen molar-refractivity contribution in [2.75, 3.05) is 0 Å². The second-order valence-corrected chi connectivity index (χ2v) is 4.99. The van der Waals surface area contributed by atoms with Gasteiger partial charge in [-0.3, -0.25) is 4.79 Å². The van der Waals surface area contributed by atoms with Crippen LogP contribution in [0.5, 0.6) is 11.5 Å². The Labute approximate surface area is 134 Å². The van der Waals surface area contributed by atoms with E-state index in [0.29, 0.717) is 5.75 Å². The van der Waals surface area contributed by atoms with Crippen molar-refractivity contribution in [3.8, 4) is 11.5 Å². The number of aromatic hydroxyl groups is 1. The van der Waals surface area contributed by atoms with Gasteiger partial charge < -0.3 is 19.4 Å². The predicted molar refractivity (Wildman–Crippen MR) is 81.8 cm³/mol. The molecule has 6 nitrogen and oxygen atoms in total. The van der Waals surface area contributed by atoms with Crippen LogP contribution in [-0.2, 0) is 6.61 Å². The molecule has 0 saturated heterocycles. The third-order valence-electron chi connectivity index (χ3n) is 3.35. The number of ether oxygens (including phenoxy) is 1. The lowest BCUT2D eigenvalue weighted by Crippen LogP contribution is -2.08. The number of hydrogen-bond donors (Lipinski definition) is 2. The molecule has 0 unspecified atom stereocenters. The third-order valence-corrected chi connectivity index (χ3v) is 3.35. The van der Waals surface area contributed by atoms with Gasteiger partial charge in [-0.1, -0.05) is 12.1 Å². The van der Waals surface area contributed by atoms with Crippen LogP contribution in [0.3, 0.4) is 0 Å². The lowest BCUT2D eigenvalue weighted by Gasteiger charge is -2.08. The fraction of sp³-hybridized carbons (Fsp3) is 0.0588. The molecule has 2 aromatic carbocycles. The first-order chi connectivity index (χ1) is 11.5. The molecular weight excluding hydrogens is 319 g/mol. The Kier molecular flexibility index (Phi) is 3.91. The average molecular weight is 330 g/mol. The maximum Gasteiger partial charge on any atom is 0.375 e. The fourth-order valence-electron chi connectivity index (χ4n) is 2.15. The molecule has 122 valence electrons. The highest BCUT2D eigenvalue weighted by Gasteiger charge is 2.19. The number of carboxylic acid groups (broad SMARTS) is 1. The molecule has 0 radical (unpaired) electrons. The van der Waals surface area contributed by atoms with Crippen molar-refractivity contribution in [2.24, 2.45) is 0 Å². The van der Waals surface area contributed by atoms with E-state index in [1.165, 1.54) is 30.3 Å². The molecular formula is C17H11FO6. The minimum atomic E-state index is -1.54. The summed E-state index contributed by atoms with van der Waals surface area (Å²) in [6, 6.07) is 9.96. The van der Waals surface area contributed by atoms with Crippen LogP contribution >= 0.6 is 0 Å². The number of carbonyl (C=O) groups is 1. The van der Waals surface area contributed by atoms with Gasteiger partial charge in [0.15, 0.2) is 0 Å². The quantitative estimate of drug-likeness (QED) is 0.763. The summed E-state index contributed by atoms with van der Waals surface area (Å²) in [5, 5.41) is 18.5. The van der Waals surface area contributed by atoms with Crippen LogP contribution in [0.15, 0.2) is 51.7 Å². The monoisotopic (exact) mass is 330 g/mol. The Morgan fingerprint density at radius 2 is 1.88 bits per heavy atom. The molecule has 7 heteroatoms. The summed E-state index contributed by atoms with van der Waals surface area (Å²) in [6.45, 7) is 0.149. The zero-order valence-corrected chi connectivity index (χ0v) is 12.2. The van der Waals surface area contributed by atoms with E-state index < -0.39 is 22.9 Å². The van der Waals surface area contributed by atoms with E-state index >= 15 is 0 Å². The molecule has 2 N–H and O–H groups in total. The molecule has 0 atom stereocenters. The molecule has 0 aliphatic carbocycles. The Bertz CT molecular complexity index is 975. The van der Waals surface area contributed by atoms with Gasteiger partial charge in [-0.15, -0.1) is 0 Å². The van der Waals surface area contributed by atoms with Crippen LogP contribution in [0.4, 0.5) is 4.39 Å². The van der Waals surface area contributed by atoms with Gasteiger partial charge in [0.25, 0.3) is 5.76 Å². The molecule has 3 rings (SSSR count). The molecule has 0 aliphatic rings. The SMILES string of the molecule is O=C(O)c1oc2ccc(OCc3ccc(F)cc3)cc2c(=O)c1O. The van der Waals surface area contributed by atoms with Gasteiger partial charge in [0.05, 0.1) is 5.39 Å². The van der Waals surface area contributed by atoms with Crippen molar-refractivity contribution in [3.63, 3.8) is 0 Å². The van der Waals surface area contributed by atoms with Crippen molar-refractivity contribution in [1.29, 1.82) is 0 Å². The normalized spacial score (nSPS) is 10.7. The van der Waals surface area contributed by atoms with E-state index in [1.807, 2.05) is 0 Å². The summed E-state index contributed by atoms with van der Waals surface area (Å²) in [6.07, 6.45) is 0. The van der Waals surface area contributed by atoms with Crippen molar-refractivity contribution in [3.05, 3.63) is 69.8 Å². The number of halogens is 1. The van der Waals surface area contributed by atoms with Gasteiger partial charge >= 0.3 is 5.97 Å². The summed E-state index contributed by atoms with van der Waals surface area (Å²) < 4.78 is 23.4. The van der Waals surface area contributed by atoms with Gasteiger partial charge in [-0.05, 0) is 35.9 Å². The van der Waals surface area contributed by atoms with E-state index in [-0.39, 0.29) is 23.4 Å². The van der Waals surface area contributed by atoms with Crippen LogP contribution in [0.2, 0.25) is 0 Å². The van der Waals surface area contributed by atoms with Crippen LogP contribution < -0.4 is 10.2 Å². The van der Waals surface area contributed by atoms with Gasteiger partial charge in [-0.25, -0.2) is 9.18 Å². The maximum atomic E-state index is 12.8. The second kappa shape index (κ2) is 6.04. The van der Waals surface area contributed by atoms with Crippen molar-refractivity contribution >= 4 is 16.9 Å². The molecule has 3 aromatic rings. The summed E-state index contributed by atoms with van der Waals surface area (Å²) in [5.41, 5.74) is -0.113. The number of fused-ring (bicyclic) bond motifs is 1. The third kappa shape index (κ3) is 2.91. The van der Waals surface area contributed by atoms with Crippen LogP contribution in [-0.4, -0.2) is 16.2 Å². The zero-order valence-electron chi connectivity index (χ0n) is 12.2. The highest BCUT2D eigenvalue weighted by Crippen LogP contribution is 2.24. The van der Waals surface area contributed by atoms with E-state index in [2.05, 4.69) is 0 Å². The maximum absolute atomic E-state index is 12.8. The minimum absolute atomic E-state index is 0.00546. The molecule has 0 aliphatic heterocycles. The van der Waals surface area contributed by atoms with E-state index in [1.54, 1.807) is 12.1 Å². The highest BCUT2D eigenvalue weighted by molar-refractivity contribution is 5.91. The predicted octanol–water partition coefficient (Wildman–Crippen LogP) is 2.91. The van der Waals surface area contributed by atoms with Crippen molar-refractivity contribution in [2.45, 2.75) is 6.61 Å². The lowest BCUT2D eigenvalue weighted by atomic mass is 10.2. The number of hydrogen-bond acceptors (Lipinski definition) is 5. The molecule has 1 aromatic heterocycles. The molecule has 0 saturated carbocycles. The van der Waals surface area contributed by atoms with Gasteiger partial charge in [0.1, 0.15) is 23.8 Å². The van der Waals surface area contributed by atoms with E-state index in [9.17, 15) is 19.1 Å². The summed E-state index contributed by atoms with van der Waals surface area (Å²) in [5.74, 6) is -3.35. The number of rotatable bonds is 4. The van der Waals surface area contributed by atoms with Gasteiger partial charge in [0, 0.05) is 0 Å². The molecule has 0 spiro atoms. The molecule has 1 heterocycles. The zero-order chi connectivity index (χ0) is 17.3. The van der Waals surface area contributed by atoms with E-state index in [4.69, 9.17) is 14.3 Å². The molecule has 0 amide bonds. The topological polar surface area (TPSA) is 97.0 Å². The smallest absolute Gasteiger partial charge is 0.375 e. The first-order valence-corrected chi connectivity index (χ1v) is 6.86. The first kappa shape index (κ1) is 15.5. The Morgan fingerprint density at radius 1 is 1.17 bits per heavy atom. The lowest BCUT2D eigenvalue weighted by molar-refractivity contribution is 0.0657. The second-order valence-electron chi connectivity index (χ2n) is 4.99. The summed E-state index contributed by atoms with van der Waals surface area (Å²) in [4.78, 5) is 23.0. The Morgan fingerprint density at radius 3 is 2.54 bits per heavy atom.